The Labute approximate surface area is 225 Å². The highest BCUT2D eigenvalue weighted by Crippen LogP contribution is 2.34. The van der Waals surface area contributed by atoms with E-state index in [0.29, 0.717) is 0 Å². The molecule has 0 unspecified atom stereocenters. The average Bonchev–Trinajstić information content (AvgIpc) is 3.71. The van der Waals surface area contributed by atoms with Gasteiger partial charge in [-0.3, -0.25) is 13.7 Å². The van der Waals surface area contributed by atoms with Crippen LogP contribution in [0.4, 0.5) is 0 Å². The molecule has 0 fully saturated rings. The van der Waals surface area contributed by atoms with Gasteiger partial charge in [-0.25, -0.2) is 15.0 Å². The van der Waals surface area contributed by atoms with Crippen LogP contribution in [0.25, 0.3) is 61.3 Å². The molecule has 0 atom stereocenters. The average molecular weight is 504 g/mol. The van der Waals surface area contributed by atoms with Crippen molar-refractivity contribution in [1.29, 1.82) is 0 Å². The van der Waals surface area contributed by atoms with Crippen LogP contribution in [0.2, 0.25) is 0 Å². The number of hydrogen-bond acceptors (Lipinski definition) is 3. The molecular weight excluding hydrogens is 480 g/mol. The molecule has 0 radical (unpaired) electrons. The summed E-state index contributed by atoms with van der Waals surface area (Å²) in [5.41, 5.74) is 10.5. The molecule has 0 aliphatic rings. The topological polar surface area (TPSA) is 53.5 Å². The predicted octanol–water partition coefficient (Wildman–Crippen LogP) is 7.37. The first-order valence-corrected chi connectivity index (χ1v) is 12.8. The summed E-state index contributed by atoms with van der Waals surface area (Å²) in [6.07, 6.45) is 3.94. The summed E-state index contributed by atoms with van der Waals surface area (Å²) < 4.78 is 14.9. The van der Waals surface area contributed by atoms with Crippen molar-refractivity contribution in [2.24, 2.45) is 0 Å². The third kappa shape index (κ3) is 3.46. The minimum absolute atomic E-state index is 0.200. The number of aromatic nitrogens is 6. The number of nitrogens with zero attached hydrogens (tertiary/aromatic N) is 6. The first-order chi connectivity index (χ1) is 19.7. The van der Waals surface area contributed by atoms with E-state index in [1.807, 2.05) is 96.1 Å². The first kappa shape index (κ1) is 20.6. The van der Waals surface area contributed by atoms with Crippen LogP contribution in [0.15, 0.2) is 134 Å². The number of rotatable bonds is 4. The summed E-state index contributed by atoms with van der Waals surface area (Å²) in [6.45, 7) is 0. The summed E-state index contributed by atoms with van der Waals surface area (Å²) in [6, 6.07) is 38.9. The van der Waals surface area contributed by atoms with E-state index in [1.165, 1.54) is 0 Å². The molecule has 0 amide bonds. The molecule has 0 saturated carbocycles. The highest BCUT2D eigenvalue weighted by atomic mass is 15.1. The fourth-order valence-corrected chi connectivity index (χ4v) is 5.36. The molecule has 8 aromatic rings. The van der Waals surface area contributed by atoms with Crippen molar-refractivity contribution in [1.82, 2.24) is 28.7 Å². The van der Waals surface area contributed by atoms with Crippen molar-refractivity contribution < 1.29 is 1.37 Å². The van der Waals surface area contributed by atoms with Crippen molar-refractivity contribution >= 4 is 33.1 Å². The molecule has 6 heteroatoms. The van der Waals surface area contributed by atoms with Gasteiger partial charge in [0.2, 0.25) is 0 Å². The lowest BCUT2D eigenvalue weighted by Gasteiger charge is -2.16. The Bertz CT molecular complexity index is 2110. The van der Waals surface area contributed by atoms with Gasteiger partial charge in [-0.1, -0.05) is 54.6 Å². The molecule has 184 valence electrons. The number of imidazole rings is 3. The number of hydrogen-bond donors (Lipinski definition) is 0. The van der Waals surface area contributed by atoms with Crippen LogP contribution >= 0.6 is 0 Å². The Hall–Kier alpha value is -5.49. The lowest BCUT2D eigenvalue weighted by molar-refractivity contribution is 1.05. The van der Waals surface area contributed by atoms with Crippen LogP contribution in [-0.2, 0) is 0 Å². The second-order valence-electron chi connectivity index (χ2n) is 9.50. The largest absolute Gasteiger partial charge is 0.299 e. The third-order valence-corrected chi connectivity index (χ3v) is 7.22. The molecule has 3 aromatic heterocycles. The normalized spacial score (nSPS) is 11.9. The van der Waals surface area contributed by atoms with E-state index < -0.39 is 0 Å². The molecule has 0 aliphatic carbocycles. The molecule has 0 spiro atoms. The lowest BCUT2D eigenvalue weighted by Crippen LogP contribution is -2.00. The number of para-hydroxylation sites is 7. The van der Waals surface area contributed by atoms with Gasteiger partial charge in [0.05, 0.1) is 38.8 Å². The van der Waals surface area contributed by atoms with E-state index in [2.05, 4.69) is 60.5 Å². The van der Waals surface area contributed by atoms with Gasteiger partial charge < -0.3 is 0 Å². The SMILES string of the molecule is [2H]c1nc2ccccc2n1-c1ccccc1-c1cc(-n2cnc3ccccc32)cc(-n2cnc3ccccc32)c1. The number of benzene rings is 5. The van der Waals surface area contributed by atoms with E-state index in [0.717, 1.165) is 61.3 Å². The Kier molecular flexibility index (Phi) is 4.50. The van der Waals surface area contributed by atoms with Gasteiger partial charge in [0.15, 0.2) is 0 Å². The van der Waals surface area contributed by atoms with E-state index in [4.69, 9.17) is 1.37 Å². The monoisotopic (exact) mass is 503 g/mol. The summed E-state index contributed by atoms with van der Waals surface area (Å²) in [5, 5.41) is 0. The Morgan fingerprint density at radius 2 is 0.974 bits per heavy atom. The minimum atomic E-state index is 0.200. The van der Waals surface area contributed by atoms with Crippen LogP contribution < -0.4 is 0 Å². The zero-order valence-electron chi connectivity index (χ0n) is 21.8. The molecule has 6 nitrogen and oxygen atoms in total. The maximum atomic E-state index is 8.72. The highest BCUT2D eigenvalue weighted by Gasteiger charge is 2.15. The lowest BCUT2D eigenvalue weighted by atomic mass is 10.0. The van der Waals surface area contributed by atoms with Crippen LogP contribution in [0.3, 0.4) is 0 Å². The zero-order valence-corrected chi connectivity index (χ0v) is 20.8. The van der Waals surface area contributed by atoms with Crippen LogP contribution in [-0.4, -0.2) is 28.7 Å². The Balaban J connectivity index is 1.41. The third-order valence-electron chi connectivity index (χ3n) is 7.22. The molecule has 3 heterocycles. The van der Waals surface area contributed by atoms with Crippen LogP contribution in [0, 0.1) is 0 Å². The van der Waals surface area contributed by atoms with E-state index in [1.54, 1.807) is 0 Å². The highest BCUT2D eigenvalue weighted by molar-refractivity contribution is 5.85. The van der Waals surface area contributed by atoms with Crippen LogP contribution in [0.1, 0.15) is 1.37 Å². The first-order valence-electron chi connectivity index (χ1n) is 13.3. The predicted molar refractivity (Wildman–Crippen MR) is 156 cm³/mol. The number of fused-ring (bicyclic) bond motifs is 3. The molecule has 0 N–H and O–H groups in total. The second kappa shape index (κ2) is 8.53. The zero-order chi connectivity index (χ0) is 26.6. The minimum Gasteiger partial charge on any atom is -0.299 e. The summed E-state index contributed by atoms with van der Waals surface area (Å²) in [4.78, 5) is 13.8. The van der Waals surface area contributed by atoms with Gasteiger partial charge in [0.1, 0.15) is 20.3 Å². The molecule has 8 rings (SSSR count). The summed E-state index contributed by atoms with van der Waals surface area (Å²) in [5.74, 6) is 0. The van der Waals surface area contributed by atoms with Gasteiger partial charge in [0.25, 0.3) is 0 Å². The van der Waals surface area contributed by atoms with E-state index in [9.17, 15) is 0 Å². The fraction of sp³-hybridized carbons (Fsp3) is 0. The van der Waals surface area contributed by atoms with Gasteiger partial charge in [-0.05, 0) is 66.2 Å². The van der Waals surface area contributed by atoms with Crippen molar-refractivity contribution in [2.75, 3.05) is 0 Å². The molecule has 0 aliphatic heterocycles. The second-order valence-corrected chi connectivity index (χ2v) is 9.50. The van der Waals surface area contributed by atoms with Crippen molar-refractivity contribution in [3.63, 3.8) is 0 Å². The van der Waals surface area contributed by atoms with Crippen LogP contribution in [0.5, 0.6) is 0 Å². The maximum absolute atomic E-state index is 8.72. The van der Waals surface area contributed by atoms with Gasteiger partial charge in [0, 0.05) is 16.9 Å². The standard InChI is InChI=1S/C33H22N6/c1-5-13-30(39-22-36-29-12-4-8-16-33(29)39)26(9-1)23-17-24(37-20-34-27-10-2-6-14-31(27)37)19-25(18-23)38-21-35-28-11-3-7-15-32(28)38/h1-22H/i22D. The van der Waals surface area contributed by atoms with Gasteiger partial charge in [-0.15, -0.1) is 0 Å². The van der Waals surface area contributed by atoms with Crippen molar-refractivity contribution in [3.05, 3.63) is 134 Å². The van der Waals surface area contributed by atoms with Gasteiger partial charge in [-0.2, -0.15) is 0 Å². The van der Waals surface area contributed by atoms with Crippen molar-refractivity contribution in [2.45, 2.75) is 0 Å². The fourth-order valence-electron chi connectivity index (χ4n) is 5.36. The molecule has 0 bridgehead atoms. The Morgan fingerprint density at radius 3 is 1.59 bits per heavy atom. The van der Waals surface area contributed by atoms with E-state index in [-0.39, 0.29) is 6.30 Å². The van der Waals surface area contributed by atoms with Gasteiger partial charge >= 0.3 is 0 Å². The Morgan fingerprint density at radius 1 is 0.487 bits per heavy atom. The molecule has 5 aromatic carbocycles. The smallest absolute Gasteiger partial charge is 0.105 e. The van der Waals surface area contributed by atoms with E-state index >= 15 is 0 Å². The maximum Gasteiger partial charge on any atom is 0.105 e. The molecule has 0 saturated heterocycles. The summed E-state index contributed by atoms with van der Waals surface area (Å²) >= 11 is 0. The quantitative estimate of drug-likeness (QED) is 0.252. The molecule has 39 heavy (non-hydrogen) atoms. The molecular formula is C33H22N6. The van der Waals surface area contributed by atoms with Crippen molar-refractivity contribution in [3.8, 4) is 28.2 Å². The summed E-state index contributed by atoms with van der Waals surface area (Å²) in [7, 11) is 0.